The molecule has 1 aromatic heterocycles. The van der Waals surface area contributed by atoms with Crippen LogP contribution in [0.5, 0.6) is 0 Å². The van der Waals surface area contributed by atoms with E-state index < -0.39 is 20.9 Å². The summed E-state index contributed by atoms with van der Waals surface area (Å²) < 4.78 is 33.8. The minimum Gasteiger partial charge on any atom is -0.381 e. The number of benzene rings is 3. The van der Waals surface area contributed by atoms with Crippen LogP contribution in [0.3, 0.4) is 0 Å². The molecule has 1 amide bonds. The Bertz CT molecular complexity index is 2120. The predicted molar refractivity (Wildman–Crippen MR) is 219 cm³/mol. The fourth-order valence-corrected chi connectivity index (χ4v) is 10.2. The van der Waals surface area contributed by atoms with Crippen molar-refractivity contribution in [3.63, 3.8) is 0 Å². The van der Waals surface area contributed by atoms with E-state index in [0.717, 1.165) is 57.1 Å². The number of nitrogens with one attached hydrogen (secondary N) is 2. The molecular formula is C42H49ClN6O6S. The molecule has 0 radical (unpaired) electrons. The number of hydrogen-bond donors (Lipinski definition) is 2. The van der Waals surface area contributed by atoms with Crippen molar-refractivity contribution >= 4 is 45.4 Å². The highest BCUT2D eigenvalue weighted by Crippen LogP contribution is 2.54. The number of carbonyl (C=O) groups excluding carboxylic acids is 1. The lowest BCUT2D eigenvalue weighted by Crippen LogP contribution is -2.54. The van der Waals surface area contributed by atoms with Gasteiger partial charge in [-0.05, 0) is 123 Å². The standard InChI is InChI=1S/C42H48N6O6S.ClH/c49-41(45-55(52,53)35-13-14-38(40(25-35)48(50)51)44-28-30-15-23-54-24-16-30)31-9-11-33(12-10-31)46-21-17-42(18-22-46)26-34(27-42)47-20-4-8-39(47)37-7-2-1-6-36(37)32-5-3-19-43-29-32;/h1-3,5-7,9-14,19,25,29-30,34,39,44H,4,8,15-18,20-24,26-28H2,(H,45,49);1H/t39-;/m0./s1. The zero-order chi connectivity index (χ0) is 38.0. The molecule has 1 aliphatic carbocycles. The molecule has 4 fully saturated rings. The molecule has 0 bridgehead atoms. The van der Waals surface area contributed by atoms with Crippen molar-refractivity contribution in [2.45, 2.75) is 68.3 Å². The fraction of sp³-hybridized carbons (Fsp3) is 0.429. The molecule has 3 saturated heterocycles. The number of nitro groups is 1. The fourth-order valence-electron chi connectivity index (χ4n) is 9.20. The molecule has 1 atom stereocenters. The molecule has 4 heterocycles. The summed E-state index contributed by atoms with van der Waals surface area (Å²) in [5, 5.41) is 14.9. The monoisotopic (exact) mass is 800 g/mol. The van der Waals surface area contributed by atoms with Crippen molar-refractivity contribution in [1.29, 1.82) is 0 Å². The van der Waals surface area contributed by atoms with Gasteiger partial charge in [0.25, 0.3) is 21.6 Å². The largest absolute Gasteiger partial charge is 0.381 e. The zero-order valence-electron chi connectivity index (χ0n) is 31.3. The van der Waals surface area contributed by atoms with Crippen molar-refractivity contribution in [2.24, 2.45) is 11.3 Å². The highest BCUT2D eigenvalue weighted by atomic mass is 35.5. The number of amides is 1. The molecular weight excluding hydrogens is 752 g/mol. The molecule has 3 aromatic carbocycles. The van der Waals surface area contributed by atoms with Gasteiger partial charge in [0.15, 0.2) is 0 Å². The summed E-state index contributed by atoms with van der Waals surface area (Å²) in [5.41, 5.74) is 5.28. The van der Waals surface area contributed by atoms with Crippen LogP contribution >= 0.6 is 12.4 Å². The van der Waals surface area contributed by atoms with Crippen LogP contribution in [0.2, 0.25) is 0 Å². The van der Waals surface area contributed by atoms with E-state index >= 15 is 0 Å². The molecule has 14 heteroatoms. The van der Waals surface area contributed by atoms with Crippen molar-refractivity contribution in [3.05, 3.63) is 112 Å². The Morgan fingerprint density at radius 2 is 1.70 bits per heavy atom. The normalized spacial score (nSPS) is 20.2. The minimum atomic E-state index is -4.37. The first-order valence-corrected chi connectivity index (χ1v) is 20.9. The topological polar surface area (TPSA) is 147 Å². The number of piperidine rings is 1. The molecule has 3 aliphatic heterocycles. The molecule has 12 nitrogen and oxygen atoms in total. The Labute approximate surface area is 334 Å². The van der Waals surface area contributed by atoms with Gasteiger partial charge in [-0.15, -0.1) is 12.4 Å². The van der Waals surface area contributed by atoms with Gasteiger partial charge in [-0.1, -0.05) is 30.3 Å². The summed E-state index contributed by atoms with van der Waals surface area (Å²) in [7, 11) is -4.37. The average molecular weight is 801 g/mol. The summed E-state index contributed by atoms with van der Waals surface area (Å²) in [5.74, 6) is -0.483. The second-order valence-electron chi connectivity index (χ2n) is 15.6. The number of ether oxygens (including phenoxy) is 1. The van der Waals surface area contributed by atoms with Crippen LogP contribution in [0.4, 0.5) is 17.1 Å². The molecule has 0 unspecified atom stereocenters. The first-order valence-electron chi connectivity index (χ1n) is 19.5. The van der Waals surface area contributed by atoms with Crippen LogP contribution in [-0.4, -0.2) is 74.6 Å². The van der Waals surface area contributed by atoms with Crippen molar-refractivity contribution in [2.75, 3.05) is 49.6 Å². The number of rotatable bonds is 11. The minimum absolute atomic E-state index is 0. The van der Waals surface area contributed by atoms with E-state index in [1.165, 1.54) is 54.5 Å². The third kappa shape index (κ3) is 8.41. The number of pyridine rings is 1. The van der Waals surface area contributed by atoms with Gasteiger partial charge in [0.05, 0.1) is 9.82 Å². The van der Waals surface area contributed by atoms with Gasteiger partial charge in [0.2, 0.25) is 0 Å². The number of hydrogen-bond acceptors (Lipinski definition) is 10. The maximum absolute atomic E-state index is 13.2. The Hall–Kier alpha value is -4.56. The van der Waals surface area contributed by atoms with E-state index in [1.807, 2.05) is 30.6 Å². The lowest BCUT2D eigenvalue weighted by molar-refractivity contribution is -0.384. The molecule has 56 heavy (non-hydrogen) atoms. The number of carbonyl (C=O) groups is 1. The Balaban J connectivity index is 0.00000480. The first-order chi connectivity index (χ1) is 26.7. The summed E-state index contributed by atoms with van der Waals surface area (Å²) in [4.78, 5) is 33.5. The van der Waals surface area contributed by atoms with Gasteiger partial charge in [0, 0.05) is 80.2 Å². The third-order valence-corrected chi connectivity index (χ3v) is 13.7. The number of aromatic nitrogens is 1. The van der Waals surface area contributed by atoms with E-state index in [2.05, 4.69) is 55.2 Å². The highest BCUT2D eigenvalue weighted by molar-refractivity contribution is 7.90. The Kier molecular flexibility index (Phi) is 12.0. The second-order valence-corrected chi connectivity index (χ2v) is 17.3. The number of nitro benzene ring substituents is 1. The van der Waals surface area contributed by atoms with Gasteiger partial charge >= 0.3 is 0 Å². The first kappa shape index (κ1) is 39.7. The van der Waals surface area contributed by atoms with Crippen LogP contribution in [0.25, 0.3) is 11.1 Å². The molecule has 1 spiro atoms. The quantitative estimate of drug-likeness (QED) is 0.115. The van der Waals surface area contributed by atoms with Crippen molar-refractivity contribution in [1.82, 2.24) is 14.6 Å². The summed E-state index contributed by atoms with van der Waals surface area (Å²) in [6.07, 6.45) is 12.6. The average Bonchev–Trinajstić information content (AvgIpc) is 3.69. The van der Waals surface area contributed by atoms with E-state index in [4.69, 9.17) is 4.74 Å². The van der Waals surface area contributed by atoms with Crippen LogP contribution in [0, 0.1) is 21.4 Å². The summed E-state index contributed by atoms with van der Waals surface area (Å²) in [6.45, 7) is 4.82. The van der Waals surface area contributed by atoms with Crippen LogP contribution in [-0.2, 0) is 14.8 Å². The zero-order valence-corrected chi connectivity index (χ0v) is 33.0. The summed E-state index contributed by atoms with van der Waals surface area (Å²) >= 11 is 0. The van der Waals surface area contributed by atoms with Crippen molar-refractivity contribution < 1.29 is 22.9 Å². The number of nitrogens with zero attached hydrogens (tertiary/aromatic N) is 4. The Morgan fingerprint density at radius 3 is 2.41 bits per heavy atom. The van der Waals surface area contributed by atoms with Gasteiger partial charge in [-0.3, -0.25) is 24.8 Å². The molecule has 2 N–H and O–H groups in total. The molecule has 4 aliphatic rings. The van der Waals surface area contributed by atoms with Gasteiger partial charge in [-0.25, -0.2) is 13.1 Å². The lowest BCUT2D eigenvalue weighted by atomic mass is 9.59. The van der Waals surface area contributed by atoms with E-state index in [0.29, 0.717) is 43.2 Å². The third-order valence-electron chi connectivity index (χ3n) is 12.3. The Morgan fingerprint density at radius 1 is 0.946 bits per heavy atom. The van der Waals surface area contributed by atoms with E-state index in [9.17, 15) is 23.3 Å². The van der Waals surface area contributed by atoms with E-state index in [1.54, 1.807) is 12.1 Å². The highest BCUT2D eigenvalue weighted by Gasteiger charge is 2.50. The predicted octanol–water partition coefficient (Wildman–Crippen LogP) is 7.62. The van der Waals surface area contributed by atoms with Crippen molar-refractivity contribution in [3.8, 4) is 11.1 Å². The molecule has 296 valence electrons. The molecule has 4 aromatic rings. The SMILES string of the molecule is Cl.O=C(NS(=O)(=O)c1ccc(NCC2CCOCC2)c([N+](=O)[O-])c1)c1ccc(N2CCC3(CC2)CC(N2CCC[C@H]2c2ccccc2-c2cccnc2)C3)cc1. The van der Waals surface area contributed by atoms with Crippen LogP contribution in [0.1, 0.15) is 73.3 Å². The van der Waals surface area contributed by atoms with Gasteiger partial charge in [0.1, 0.15) is 5.69 Å². The van der Waals surface area contributed by atoms with Gasteiger partial charge < -0.3 is 15.0 Å². The second kappa shape index (κ2) is 16.9. The number of likely N-dealkylation sites (tertiary alicyclic amines) is 1. The smallest absolute Gasteiger partial charge is 0.293 e. The van der Waals surface area contributed by atoms with E-state index in [-0.39, 0.29) is 34.2 Å². The maximum Gasteiger partial charge on any atom is 0.293 e. The number of halogens is 1. The maximum atomic E-state index is 13.2. The molecule has 1 saturated carbocycles. The number of anilines is 2. The van der Waals surface area contributed by atoms with Crippen LogP contribution < -0.4 is 14.9 Å². The number of sulfonamides is 1. The van der Waals surface area contributed by atoms with Gasteiger partial charge in [-0.2, -0.15) is 0 Å². The lowest BCUT2D eigenvalue weighted by Gasteiger charge is -2.56. The summed E-state index contributed by atoms with van der Waals surface area (Å²) in [6, 6.07) is 24.6. The van der Waals surface area contributed by atoms with Crippen LogP contribution in [0.15, 0.2) is 96.2 Å². The molecule has 8 rings (SSSR count).